The molecule has 0 radical (unpaired) electrons. The Kier molecular flexibility index (Phi) is 11.8. The Morgan fingerprint density at radius 3 is 2.55 bits per heavy atom. The van der Waals surface area contributed by atoms with Gasteiger partial charge in [0, 0.05) is 38.3 Å². The number of halogens is 2. The Balaban J connectivity index is 2.74. The molecule has 0 aliphatic rings. The van der Waals surface area contributed by atoms with Crippen LogP contribution in [0.25, 0.3) is 0 Å². The van der Waals surface area contributed by atoms with E-state index in [4.69, 9.17) is 11.6 Å². The van der Waals surface area contributed by atoms with E-state index < -0.39 is 5.82 Å². The van der Waals surface area contributed by atoms with Crippen molar-refractivity contribution >= 4 is 17.3 Å². The van der Waals surface area contributed by atoms with Gasteiger partial charge in [-0.15, -0.1) is 6.58 Å². The van der Waals surface area contributed by atoms with Gasteiger partial charge < -0.3 is 5.32 Å². The fourth-order valence-electron chi connectivity index (χ4n) is 3.32. The van der Waals surface area contributed by atoms with E-state index in [0.29, 0.717) is 18.3 Å². The summed E-state index contributed by atoms with van der Waals surface area (Å²) in [5.41, 5.74) is 1.53. The molecule has 1 aromatic carbocycles. The Bertz CT molecular complexity index is 749. The second-order valence-corrected chi connectivity index (χ2v) is 8.67. The number of anilines is 1. The standard InChI is InChI=1S/C24H39ClFN5/c1-9-15-31(17(3)4)20(7)19(6)28-29-30(8)16-14-22(18(5)10-2)27-23-13-11-12-21(25)24(23)26/h9-13,17,19-20,22,27H,1,14-16H2,2-8H3/b18-10+,29-28?/t19?,20-,22?/m0/s1. The van der Waals surface area contributed by atoms with Crippen LogP contribution in [-0.4, -0.2) is 54.2 Å². The number of allylic oxidation sites excluding steroid dienone is 1. The monoisotopic (exact) mass is 451 g/mol. The molecule has 0 amide bonds. The van der Waals surface area contributed by atoms with E-state index in [9.17, 15) is 4.39 Å². The Labute approximate surface area is 193 Å². The zero-order valence-electron chi connectivity index (χ0n) is 20.1. The molecule has 5 nitrogen and oxygen atoms in total. The van der Waals surface area contributed by atoms with Gasteiger partial charge in [0.05, 0.1) is 16.8 Å². The van der Waals surface area contributed by atoms with E-state index in [1.54, 1.807) is 18.2 Å². The molecule has 1 N–H and O–H groups in total. The minimum Gasteiger partial charge on any atom is -0.376 e. The zero-order chi connectivity index (χ0) is 23.6. The number of hydrogen-bond donors (Lipinski definition) is 1. The first-order chi connectivity index (χ1) is 14.6. The summed E-state index contributed by atoms with van der Waals surface area (Å²) in [5.74, 6) is -0.428. The van der Waals surface area contributed by atoms with Crippen LogP contribution in [0.15, 0.2) is 52.8 Å². The molecule has 174 valence electrons. The van der Waals surface area contributed by atoms with Crippen molar-refractivity contribution in [3.8, 4) is 0 Å². The number of hydrogen-bond acceptors (Lipinski definition) is 4. The zero-order valence-corrected chi connectivity index (χ0v) is 20.8. The average molecular weight is 452 g/mol. The first kappa shape index (κ1) is 27.1. The van der Waals surface area contributed by atoms with Gasteiger partial charge in [-0.25, -0.2) is 4.39 Å². The maximum Gasteiger partial charge on any atom is 0.164 e. The molecule has 1 aromatic rings. The van der Waals surface area contributed by atoms with Crippen molar-refractivity contribution in [3.05, 3.63) is 53.3 Å². The summed E-state index contributed by atoms with van der Waals surface area (Å²) < 4.78 is 14.3. The molecule has 0 aliphatic carbocycles. The summed E-state index contributed by atoms with van der Waals surface area (Å²) in [5, 5.41) is 14.2. The van der Waals surface area contributed by atoms with Gasteiger partial charge in [-0.1, -0.05) is 40.6 Å². The third-order valence-corrected chi connectivity index (χ3v) is 5.93. The highest BCUT2D eigenvalue weighted by atomic mass is 35.5. The van der Waals surface area contributed by atoms with E-state index in [0.717, 1.165) is 18.5 Å². The van der Waals surface area contributed by atoms with Crippen LogP contribution in [0.2, 0.25) is 5.02 Å². The molecule has 0 saturated heterocycles. The molecular weight excluding hydrogens is 413 g/mol. The highest BCUT2D eigenvalue weighted by Gasteiger charge is 2.21. The SMILES string of the molecule is C=CCN(C(C)C)[C@@H](C)C(C)N=NN(C)CCC(Nc1cccc(Cl)c1F)/C(C)=C/C. The van der Waals surface area contributed by atoms with Crippen LogP contribution >= 0.6 is 11.6 Å². The van der Waals surface area contributed by atoms with Crippen LogP contribution in [0.4, 0.5) is 10.1 Å². The van der Waals surface area contributed by atoms with E-state index in [1.807, 2.05) is 38.1 Å². The minimum absolute atomic E-state index is 0.0315. The van der Waals surface area contributed by atoms with Gasteiger partial charge in [-0.3, -0.25) is 9.91 Å². The molecule has 0 fully saturated rings. The fraction of sp³-hybridized carbons (Fsp3) is 0.583. The van der Waals surface area contributed by atoms with Gasteiger partial charge in [-0.2, -0.15) is 5.11 Å². The summed E-state index contributed by atoms with van der Waals surface area (Å²) in [6.45, 7) is 18.0. The van der Waals surface area contributed by atoms with Crippen molar-refractivity contribution in [1.82, 2.24) is 9.91 Å². The van der Waals surface area contributed by atoms with Crippen LogP contribution in [0.5, 0.6) is 0 Å². The summed E-state index contributed by atoms with van der Waals surface area (Å²) in [4.78, 5) is 2.35. The summed E-state index contributed by atoms with van der Waals surface area (Å²) in [6, 6.07) is 5.67. The van der Waals surface area contributed by atoms with E-state index in [-0.39, 0.29) is 23.1 Å². The molecule has 2 unspecified atom stereocenters. The van der Waals surface area contributed by atoms with Crippen LogP contribution < -0.4 is 5.32 Å². The smallest absolute Gasteiger partial charge is 0.164 e. The van der Waals surface area contributed by atoms with Gasteiger partial charge in [0.25, 0.3) is 0 Å². The van der Waals surface area contributed by atoms with Crippen LogP contribution in [0.1, 0.15) is 48.0 Å². The van der Waals surface area contributed by atoms with Gasteiger partial charge in [0.1, 0.15) is 0 Å². The molecule has 3 atom stereocenters. The van der Waals surface area contributed by atoms with Crippen molar-refractivity contribution in [1.29, 1.82) is 0 Å². The number of nitrogens with zero attached hydrogens (tertiary/aromatic N) is 4. The summed E-state index contributed by atoms with van der Waals surface area (Å²) in [6.07, 6.45) is 4.70. The maximum atomic E-state index is 14.3. The van der Waals surface area contributed by atoms with Crippen molar-refractivity contribution in [2.45, 2.75) is 72.1 Å². The molecule has 0 aliphatic heterocycles. The predicted octanol–water partition coefficient (Wildman–Crippen LogP) is 6.59. The lowest BCUT2D eigenvalue weighted by atomic mass is 10.0. The van der Waals surface area contributed by atoms with Gasteiger partial charge >= 0.3 is 0 Å². The van der Waals surface area contributed by atoms with Crippen molar-refractivity contribution in [2.75, 3.05) is 25.5 Å². The number of rotatable bonds is 13. The van der Waals surface area contributed by atoms with Crippen molar-refractivity contribution in [2.24, 2.45) is 10.3 Å². The Morgan fingerprint density at radius 2 is 1.97 bits per heavy atom. The second-order valence-electron chi connectivity index (χ2n) is 8.27. The van der Waals surface area contributed by atoms with Crippen molar-refractivity contribution < 1.29 is 4.39 Å². The van der Waals surface area contributed by atoms with Crippen molar-refractivity contribution in [3.63, 3.8) is 0 Å². The predicted molar refractivity (Wildman–Crippen MR) is 131 cm³/mol. The van der Waals surface area contributed by atoms with Gasteiger partial charge in [0.2, 0.25) is 0 Å². The van der Waals surface area contributed by atoms with Gasteiger partial charge in [0.15, 0.2) is 5.82 Å². The lowest BCUT2D eigenvalue weighted by Gasteiger charge is -2.33. The number of nitrogens with one attached hydrogen (secondary N) is 1. The molecular formula is C24H39ClFN5. The third-order valence-electron chi connectivity index (χ3n) is 5.64. The molecule has 1 rings (SSSR count). The highest BCUT2D eigenvalue weighted by Crippen LogP contribution is 2.24. The minimum atomic E-state index is -0.428. The quantitative estimate of drug-likeness (QED) is 0.209. The summed E-state index contributed by atoms with van der Waals surface area (Å²) >= 11 is 5.92. The Hall–Kier alpha value is -1.92. The lowest BCUT2D eigenvalue weighted by Crippen LogP contribution is -2.44. The topological polar surface area (TPSA) is 43.2 Å². The van der Waals surface area contributed by atoms with Crippen LogP contribution in [0, 0.1) is 5.82 Å². The summed E-state index contributed by atoms with van der Waals surface area (Å²) in [7, 11) is 1.91. The number of benzene rings is 1. The fourth-order valence-corrected chi connectivity index (χ4v) is 3.49. The molecule has 7 heteroatoms. The average Bonchev–Trinajstić information content (AvgIpc) is 2.74. The van der Waals surface area contributed by atoms with Crippen LogP contribution in [0.3, 0.4) is 0 Å². The first-order valence-electron chi connectivity index (χ1n) is 10.9. The van der Waals surface area contributed by atoms with E-state index in [2.05, 4.69) is 54.8 Å². The highest BCUT2D eigenvalue weighted by molar-refractivity contribution is 6.31. The molecule has 0 spiro atoms. The molecule has 0 heterocycles. The largest absolute Gasteiger partial charge is 0.376 e. The lowest BCUT2D eigenvalue weighted by molar-refractivity contribution is 0.160. The maximum absolute atomic E-state index is 14.3. The normalized spacial score (nSPS) is 15.4. The Morgan fingerprint density at radius 1 is 1.29 bits per heavy atom. The van der Waals surface area contributed by atoms with Gasteiger partial charge in [-0.05, 0) is 60.1 Å². The molecule has 31 heavy (non-hydrogen) atoms. The third kappa shape index (κ3) is 8.62. The van der Waals surface area contributed by atoms with Crippen LogP contribution in [-0.2, 0) is 0 Å². The molecule has 0 aromatic heterocycles. The van der Waals surface area contributed by atoms with E-state index in [1.165, 1.54) is 0 Å². The van der Waals surface area contributed by atoms with E-state index >= 15 is 0 Å². The molecule has 0 saturated carbocycles. The molecule has 0 bridgehead atoms. The second kappa shape index (κ2) is 13.5. The first-order valence-corrected chi connectivity index (χ1v) is 11.3.